The average molecular weight is 390 g/mol. The molecule has 0 fully saturated rings. The van der Waals surface area contributed by atoms with Crippen molar-refractivity contribution in [1.29, 1.82) is 0 Å². The molecule has 3 aromatic rings. The van der Waals surface area contributed by atoms with E-state index >= 15 is 0 Å². The molecule has 0 bridgehead atoms. The second kappa shape index (κ2) is 6.88. The summed E-state index contributed by atoms with van der Waals surface area (Å²) >= 11 is 0. The Balaban J connectivity index is 1.68. The molecular weight excluding hydrogens is 362 g/mol. The van der Waals surface area contributed by atoms with Crippen LogP contribution < -0.4 is 0 Å². The van der Waals surface area contributed by atoms with Crippen molar-refractivity contribution in [2.45, 2.75) is 20.8 Å². The molecule has 1 atom stereocenters. The zero-order valence-electron chi connectivity index (χ0n) is 17.8. The summed E-state index contributed by atoms with van der Waals surface area (Å²) in [6, 6.07) is 19.3. The van der Waals surface area contributed by atoms with Gasteiger partial charge in [0.1, 0.15) is 0 Å². The number of benzene rings is 2. The minimum Gasteiger partial charge on any atom is -0.309 e. The lowest BCUT2D eigenvalue weighted by molar-refractivity contribution is 0.624. The van der Waals surface area contributed by atoms with E-state index in [-0.39, 0.29) is 10.8 Å². The van der Waals surface area contributed by atoms with Gasteiger partial charge in [-0.1, -0.05) is 98.9 Å². The number of rotatable bonds is 2. The van der Waals surface area contributed by atoms with E-state index in [9.17, 15) is 0 Å². The molecule has 1 heterocycles. The molecule has 0 saturated heterocycles. The van der Waals surface area contributed by atoms with E-state index in [1.165, 1.54) is 33.4 Å². The van der Waals surface area contributed by atoms with Crippen LogP contribution in [0.4, 0.5) is 0 Å². The first kappa shape index (κ1) is 18.7. The summed E-state index contributed by atoms with van der Waals surface area (Å²) in [5.41, 5.74) is 6.16. The highest BCUT2D eigenvalue weighted by molar-refractivity contribution is 5.96. The van der Waals surface area contributed by atoms with Gasteiger partial charge in [0, 0.05) is 27.5 Å². The third-order valence-electron chi connectivity index (χ3n) is 6.27. The normalized spacial score (nSPS) is 21.9. The van der Waals surface area contributed by atoms with Crippen LogP contribution in [0.5, 0.6) is 0 Å². The maximum Gasteiger partial charge on any atom is 0.0541 e. The van der Waals surface area contributed by atoms with E-state index in [1.54, 1.807) is 0 Å². The van der Waals surface area contributed by atoms with Gasteiger partial charge in [-0.15, -0.1) is 0 Å². The van der Waals surface area contributed by atoms with Crippen molar-refractivity contribution in [2.24, 2.45) is 10.8 Å². The van der Waals surface area contributed by atoms with Crippen LogP contribution in [0.2, 0.25) is 0 Å². The minimum atomic E-state index is -0.164. The molecule has 5 rings (SSSR count). The molecule has 0 saturated carbocycles. The Morgan fingerprint density at radius 3 is 2.27 bits per heavy atom. The summed E-state index contributed by atoms with van der Waals surface area (Å²) in [6.45, 7) is 6.77. The van der Waals surface area contributed by atoms with Crippen LogP contribution in [0.15, 0.2) is 103 Å². The van der Waals surface area contributed by atoms with Crippen molar-refractivity contribution in [3.63, 3.8) is 0 Å². The number of hydrogen-bond acceptors (Lipinski definition) is 0. The summed E-state index contributed by atoms with van der Waals surface area (Å²) < 4.78 is 2.37. The Kier molecular flexibility index (Phi) is 4.29. The number of allylic oxidation sites excluding steroid dienone is 8. The Hall–Kier alpha value is -3.32. The number of nitrogens with zero attached hydrogens (tertiary/aromatic N) is 1. The fraction of sp³-hybridized carbons (Fsp3) is 0.172. The zero-order valence-corrected chi connectivity index (χ0v) is 17.8. The molecule has 0 aliphatic heterocycles. The lowest BCUT2D eigenvalue weighted by Crippen LogP contribution is -2.12. The van der Waals surface area contributed by atoms with Gasteiger partial charge in [-0.3, -0.25) is 0 Å². The van der Waals surface area contributed by atoms with Crippen molar-refractivity contribution < 1.29 is 0 Å². The predicted molar refractivity (Wildman–Crippen MR) is 130 cm³/mol. The van der Waals surface area contributed by atoms with Crippen LogP contribution in [0, 0.1) is 10.8 Å². The maximum absolute atomic E-state index is 2.37. The van der Waals surface area contributed by atoms with Crippen molar-refractivity contribution in [3.05, 3.63) is 114 Å². The van der Waals surface area contributed by atoms with Gasteiger partial charge in [0.2, 0.25) is 0 Å². The molecule has 0 N–H and O–H groups in total. The number of fused-ring (bicyclic) bond motifs is 3. The van der Waals surface area contributed by atoms with E-state index in [4.69, 9.17) is 0 Å². The zero-order chi connectivity index (χ0) is 20.8. The van der Waals surface area contributed by atoms with Crippen LogP contribution in [-0.4, -0.2) is 4.57 Å². The Morgan fingerprint density at radius 1 is 0.700 bits per heavy atom. The Bertz CT molecular complexity index is 1260. The van der Waals surface area contributed by atoms with Gasteiger partial charge < -0.3 is 4.57 Å². The molecular formula is C29H27N. The van der Waals surface area contributed by atoms with Crippen LogP contribution >= 0.6 is 0 Å². The fourth-order valence-electron chi connectivity index (χ4n) is 4.41. The predicted octanol–water partition coefficient (Wildman–Crippen LogP) is 7.76. The monoisotopic (exact) mass is 389 g/mol. The quantitative estimate of drug-likeness (QED) is 0.422. The second-order valence-corrected chi connectivity index (χ2v) is 9.07. The van der Waals surface area contributed by atoms with Gasteiger partial charge in [0.05, 0.1) is 11.2 Å². The van der Waals surface area contributed by atoms with Crippen LogP contribution in [0.3, 0.4) is 0 Å². The summed E-state index contributed by atoms with van der Waals surface area (Å²) in [5.74, 6) is 0. The molecule has 0 radical (unpaired) electrons. The second-order valence-electron chi connectivity index (χ2n) is 9.07. The summed E-state index contributed by atoms with van der Waals surface area (Å²) in [4.78, 5) is 0. The van der Waals surface area contributed by atoms with Crippen LogP contribution in [0.25, 0.3) is 28.7 Å². The van der Waals surface area contributed by atoms with Gasteiger partial charge >= 0.3 is 0 Å². The summed E-state index contributed by atoms with van der Waals surface area (Å²) in [5, 5.41) is 1.29. The van der Waals surface area contributed by atoms with E-state index in [2.05, 4.69) is 135 Å². The number of hydrogen-bond donors (Lipinski definition) is 0. The molecule has 0 spiro atoms. The SMILES string of the molecule is CC1(C)C=CC=C(C2(C)C=Cc3c(n(-c4ccccc4)c4ccccc34)C=C2)C=C1. The first-order valence-electron chi connectivity index (χ1n) is 10.6. The Morgan fingerprint density at radius 2 is 1.43 bits per heavy atom. The van der Waals surface area contributed by atoms with Crippen LogP contribution in [-0.2, 0) is 0 Å². The Labute approximate surface area is 179 Å². The molecule has 1 aromatic heterocycles. The van der Waals surface area contributed by atoms with Gasteiger partial charge in [0.25, 0.3) is 0 Å². The largest absolute Gasteiger partial charge is 0.309 e. The standard InChI is InChI=1S/C29H27N/c1-28(2)18-9-10-22(15-19-28)29(3)20-16-25-24-13-7-8-14-26(24)30(27(25)17-21-29)23-11-5-4-6-12-23/h4-21H,1-3H3. The third-order valence-corrected chi connectivity index (χ3v) is 6.27. The van der Waals surface area contributed by atoms with E-state index in [1.807, 2.05) is 0 Å². The fourth-order valence-corrected chi connectivity index (χ4v) is 4.41. The van der Waals surface area contributed by atoms with Gasteiger partial charge in [0.15, 0.2) is 0 Å². The highest BCUT2D eigenvalue weighted by atomic mass is 15.0. The number of para-hydroxylation sites is 2. The molecule has 1 unspecified atom stereocenters. The van der Waals surface area contributed by atoms with Crippen molar-refractivity contribution >= 4 is 23.1 Å². The molecule has 2 aromatic carbocycles. The van der Waals surface area contributed by atoms with E-state index in [0.717, 1.165) is 0 Å². The highest BCUT2D eigenvalue weighted by Crippen LogP contribution is 2.41. The molecule has 2 aliphatic rings. The van der Waals surface area contributed by atoms with Crippen molar-refractivity contribution in [2.75, 3.05) is 0 Å². The van der Waals surface area contributed by atoms with Crippen molar-refractivity contribution in [3.8, 4) is 5.69 Å². The molecule has 0 amide bonds. The lowest BCUT2D eigenvalue weighted by atomic mass is 9.80. The van der Waals surface area contributed by atoms with Gasteiger partial charge in [-0.25, -0.2) is 0 Å². The first-order valence-corrected chi connectivity index (χ1v) is 10.6. The highest BCUT2D eigenvalue weighted by Gasteiger charge is 2.26. The topological polar surface area (TPSA) is 4.93 Å². The first-order chi connectivity index (χ1) is 14.5. The molecule has 1 heteroatoms. The van der Waals surface area contributed by atoms with Crippen molar-refractivity contribution in [1.82, 2.24) is 4.57 Å². The molecule has 2 aliphatic carbocycles. The average Bonchev–Trinajstić information content (AvgIpc) is 2.83. The third kappa shape index (κ3) is 3.11. The molecule has 1 nitrogen and oxygen atoms in total. The van der Waals surface area contributed by atoms with Gasteiger partial charge in [-0.05, 0) is 36.8 Å². The smallest absolute Gasteiger partial charge is 0.0541 e. The minimum absolute atomic E-state index is 0.0792. The molecule has 30 heavy (non-hydrogen) atoms. The van der Waals surface area contributed by atoms with Gasteiger partial charge in [-0.2, -0.15) is 0 Å². The van der Waals surface area contributed by atoms with E-state index in [0.29, 0.717) is 0 Å². The lowest BCUT2D eigenvalue weighted by Gasteiger charge is -2.23. The summed E-state index contributed by atoms with van der Waals surface area (Å²) in [7, 11) is 0. The summed E-state index contributed by atoms with van der Waals surface area (Å²) in [6.07, 6.45) is 20.6. The van der Waals surface area contributed by atoms with Crippen LogP contribution in [0.1, 0.15) is 32.0 Å². The maximum atomic E-state index is 2.37. The number of aromatic nitrogens is 1. The van der Waals surface area contributed by atoms with E-state index < -0.39 is 0 Å². The molecule has 148 valence electrons.